The largest absolute Gasteiger partial charge is 0.383 e. The Hall–Kier alpha value is -3.43. The van der Waals surface area contributed by atoms with E-state index in [2.05, 4.69) is 25.1 Å². The van der Waals surface area contributed by atoms with Gasteiger partial charge in [-0.3, -0.25) is 4.39 Å². The highest BCUT2D eigenvalue weighted by Crippen LogP contribution is 2.47. The van der Waals surface area contributed by atoms with Crippen molar-refractivity contribution in [1.29, 1.82) is 0 Å². The van der Waals surface area contributed by atoms with E-state index < -0.39 is 0 Å². The van der Waals surface area contributed by atoms with Gasteiger partial charge in [-0.25, -0.2) is 24.6 Å². The van der Waals surface area contributed by atoms with E-state index >= 15 is 0 Å². The second-order valence-corrected chi connectivity index (χ2v) is 8.81. The van der Waals surface area contributed by atoms with Gasteiger partial charge in [-0.1, -0.05) is 12.1 Å². The molecular weight excluding hydrogens is 423 g/mol. The minimum Gasteiger partial charge on any atom is -0.383 e. The molecule has 33 heavy (non-hydrogen) atoms. The van der Waals surface area contributed by atoms with Crippen LogP contribution in [0, 0.1) is 0 Å². The number of nitrogen functional groups attached to an aromatic ring is 1. The highest BCUT2D eigenvalue weighted by molar-refractivity contribution is 6.00. The van der Waals surface area contributed by atoms with Gasteiger partial charge in [0.2, 0.25) is 0 Å². The SMILES string of the molecule is CCC(CCF)c1cnc(-c2c(-c3nn(C(C)C)c4ncnc(N)c34)noc2C2CC2)nc1. The van der Waals surface area contributed by atoms with Gasteiger partial charge >= 0.3 is 0 Å². The summed E-state index contributed by atoms with van der Waals surface area (Å²) < 4.78 is 20.6. The Kier molecular flexibility index (Phi) is 5.51. The topological polar surface area (TPSA) is 121 Å². The van der Waals surface area contributed by atoms with Crippen molar-refractivity contribution < 1.29 is 8.91 Å². The van der Waals surface area contributed by atoms with Gasteiger partial charge in [0.05, 0.1) is 17.6 Å². The van der Waals surface area contributed by atoms with Crippen LogP contribution in [0.3, 0.4) is 0 Å². The Morgan fingerprint density at radius 1 is 1.15 bits per heavy atom. The lowest BCUT2D eigenvalue weighted by atomic mass is 9.96. The summed E-state index contributed by atoms with van der Waals surface area (Å²) in [6, 6.07) is 0.0609. The molecule has 0 radical (unpaired) electrons. The number of nitrogens with two attached hydrogens (primary N) is 1. The number of rotatable bonds is 8. The Morgan fingerprint density at radius 2 is 1.91 bits per heavy atom. The lowest BCUT2D eigenvalue weighted by Crippen LogP contribution is -2.04. The van der Waals surface area contributed by atoms with Gasteiger partial charge in [0.15, 0.2) is 17.2 Å². The van der Waals surface area contributed by atoms with Crippen molar-refractivity contribution in [2.45, 2.75) is 64.3 Å². The first-order valence-corrected chi connectivity index (χ1v) is 11.4. The summed E-state index contributed by atoms with van der Waals surface area (Å²) in [5.41, 5.74) is 9.63. The van der Waals surface area contributed by atoms with E-state index in [0.29, 0.717) is 40.5 Å². The molecule has 1 unspecified atom stereocenters. The second-order valence-electron chi connectivity index (χ2n) is 8.81. The summed E-state index contributed by atoms with van der Waals surface area (Å²) in [4.78, 5) is 17.9. The third-order valence-electron chi connectivity index (χ3n) is 6.22. The van der Waals surface area contributed by atoms with E-state index in [1.165, 1.54) is 6.33 Å². The molecule has 1 saturated carbocycles. The first kappa shape index (κ1) is 21.4. The van der Waals surface area contributed by atoms with Gasteiger partial charge in [-0.2, -0.15) is 5.10 Å². The van der Waals surface area contributed by atoms with Crippen molar-refractivity contribution in [2.75, 3.05) is 12.4 Å². The average Bonchev–Trinajstić information content (AvgIpc) is 3.44. The van der Waals surface area contributed by atoms with Crippen LogP contribution in [0.25, 0.3) is 33.8 Å². The number of aromatic nitrogens is 7. The van der Waals surface area contributed by atoms with Gasteiger partial charge in [0.25, 0.3) is 0 Å². The van der Waals surface area contributed by atoms with Crippen LogP contribution in [0.1, 0.15) is 75.7 Å². The van der Waals surface area contributed by atoms with Crippen LogP contribution < -0.4 is 5.73 Å². The standard InChI is InChI=1S/C23H27FN8O/c1-4-13(7-8-24)15-9-26-22(27-10-15)16-19(31-33-20(16)14-5-6-14)18-17-21(25)28-11-29-23(17)32(30-18)12(2)3/h9-14H,4-8H2,1-3H3,(H2,25,28,29). The molecule has 1 aliphatic rings. The number of alkyl halides is 1. The smallest absolute Gasteiger partial charge is 0.165 e. The fraction of sp³-hybridized carbons (Fsp3) is 0.478. The molecule has 9 nitrogen and oxygen atoms in total. The van der Waals surface area contributed by atoms with Crippen molar-refractivity contribution in [1.82, 2.24) is 34.9 Å². The van der Waals surface area contributed by atoms with E-state index in [1.54, 1.807) is 12.4 Å². The average molecular weight is 451 g/mol. The number of hydrogen-bond acceptors (Lipinski definition) is 8. The predicted molar refractivity (Wildman–Crippen MR) is 122 cm³/mol. The summed E-state index contributed by atoms with van der Waals surface area (Å²) in [6.07, 6.45) is 8.34. The van der Waals surface area contributed by atoms with Gasteiger partial charge in [0.1, 0.15) is 23.5 Å². The lowest BCUT2D eigenvalue weighted by Gasteiger charge is -2.12. The minimum absolute atomic E-state index is 0.0609. The van der Waals surface area contributed by atoms with Crippen LogP contribution in [0.15, 0.2) is 23.2 Å². The number of nitrogens with zero attached hydrogens (tertiary/aromatic N) is 7. The molecule has 0 aromatic carbocycles. The van der Waals surface area contributed by atoms with Crippen LogP contribution >= 0.6 is 0 Å². The minimum atomic E-state index is -0.364. The van der Waals surface area contributed by atoms with Gasteiger partial charge in [-0.15, -0.1) is 0 Å². The predicted octanol–water partition coefficient (Wildman–Crippen LogP) is 4.83. The van der Waals surface area contributed by atoms with E-state index in [4.69, 9.17) is 15.4 Å². The monoisotopic (exact) mass is 450 g/mol. The molecule has 0 spiro atoms. The van der Waals surface area contributed by atoms with Crippen LogP contribution in [-0.2, 0) is 0 Å². The van der Waals surface area contributed by atoms with Crippen LogP contribution in [0.2, 0.25) is 0 Å². The summed E-state index contributed by atoms with van der Waals surface area (Å²) in [5.74, 6) is 1.98. The summed E-state index contributed by atoms with van der Waals surface area (Å²) in [7, 11) is 0. The summed E-state index contributed by atoms with van der Waals surface area (Å²) >= 11 is 0. The number of halogens is 1. The molecule has 1 atom stereocenters. The number of fused-ring (bicyclic) bond motifs is 1. The zero-order chi connectivity index (χ0) is 23.1. The quantitative estimate of drug-likeness (QED) is 0.405. The van der Waals surface area contributed by atoms with Crippen molar-refractivity contribution in [3.05, 3.63) is 30.0 Å². The lowest BCUT2D eigenvalue weighted by molar-refractivity contribution is 0.386. The molecule has 2 N–H and O–H groups in total. The molecule has 4 aromatic heterocycles. The van der Waals surface area contributed by atoms with E-state index in [1.807, 2.05) is 25.5 Å². The molecule has 4 heterocycles. The van der Waals surface area contributed by atoms with E-state index in [9.17, 15) is 4.39 Å². The maximum Gasteiger partial charge on any atom is 0.165 e. The van der Waals surface area contributed by atoms with Crippen LogP contribution in [-0.4, -0.2) is 41.5 Å². The Balaban J connectivity index is 1.67. The molecule has 10 heteroatoms. The number of anilines is 1. The Labute approximate surface area is 190 Å². The van der Waals surface area contributed by atoms with Crippen molar-refractivity contribution in [3.63, 3.8) is 0 Å². The van der Waals surface area contributed by atoms with E-state index in [-0.39, 0.29) is 24.6 Å². The fourth-order valence-electron chi connectivity index (χ4n) is 4.24. The van der Waals surface area contributed by atoms with Crippen molar-refractivity contribution >= 4 is 16.9 Å². The zero-order valence-electron chi connectivity index (χ0n) is 19.0. The molecule has 0 amide bonds. The molecule has 1 aliphatic carbocycles. The maximum absolute atomic E-state index is 12.9. The van der Waals surface area contributed by atoms with Gasteiger partial charge in [0, 0.05) is 24.4 Å². The highest BCUT2D eigenvalue weighted by Gasteiger charge is 2.36. The first-order chi connectivity index (χ1) is 16.0. The highest BCUT2D eigenvalue weighted by atomic mass is 19.1. The molecular formula is C23H27FN8O. The number of hydrogen-bond donors (Lipinski definition) is 1. The third kappa shape index (κ3) is 3.73. The zero-order valence-corrected chi connectivity index (χ0v) is 19.0. The molecule has 4 aromatic rings. The summed E-state index contributed by atoms with van der Waals surface area (Å²) in [5, 5.41) is 9.83. The van der Waals surface area contributed by atoms with Gasteiger partial charge < -0.3 is 10.3 Å². The molecule has 172 valence electrons. The third-order valence-corrected chi connectivity index (χ3v) is 6.22. The first-order valence-electron chi connectivity index (χ1n) is 11.4. The van der Waals surface area contributed by atoms with E-state index in [0.717, 1.165) is 36.1 Å². The Morgan fingerprint density at radius 3 is 2.55 bits per heavy atom. The van der Waals surface area contributed by atoms with Crippen molar-refractivity contribution in [3.8, 4) is 22.8 Å². The molecule has 0 aliphatic heterocycles. The Bertz CT molecular complexity index is 1280. The van der Waals surface area contributed by atoms with Crippen LogP contribution in [0.4, 0.5) is 10.2 Å². The summed E-state index contributed by atoms with van der Waals surface area (Å²) in [6.45, 7) is 5.73. The maximum atomic E-state index is 12.9. The normalized spacial score (nSPS) is 14.9. The molecule has 0 saturated heterocycles. The van der Waals surface area contributed by atoms with Crippen LogP contribution in [0.5, 0.6) is 0 Å². The second kappa shape index (κ2) is 8.49. The molecule has 0 bridgehead atoms. The molecule has 1 fully saturated rings. The fourth-order valence-corrected chi connectivity index (χ4v) is 4.24. The van der Waals surface area contributed by atoms with Crippen molar-refractivity contribution in [2.24, 2.45) is 0 Å². The van der Waals surface area contributed by atoms with Gasteiger partial charge in [-0.05, 0) is 51.0 Å². The molecule has 5 rings (SSSR count).